The van der Waals surface area contributed by atoms with Crippen LogP contribution < -0.4 is 9.64 Å². The number of carbonyl (C=O) groups is 1. The van der Waals surface area contributed by atoms with Crippen molar-refractivity contribution in [1.29, 1.82) is 0 Å². The SMILES string of the molecule is CC(C)=CCC/C(C)=C/CC[C@]1(C)Oc2c(c(O)cc3c2CN(c2ncnc4nc[nH]c24)C3=O)C[C@@H]1O. The largest absolute Gasteiger partial charge is 0.508 e. The summed E-state index contributed by atoms with van der Waals surface area (Å²) in [4.78, 5) is 30.6. The summed E-state index contributed by atoms with van der Waals surface area (Å²) in [6.07, 6.45) is 10.2. The number of amides is 1. The van der Waals surface area contributed by atoms with E-state index < -0.39 is 11.7 Å². The van der Waals surface area contributed by atoms with Crippen molar-refractivity contribution in [3.8, 4) is 11.5 Å². The minimum Gasteiger partial charge on any atom is -0.508 e. The van der Waals surface area contributed by atoms with E-state index in [-0.39, 0.29) is 24.6 Å². The highest BCUT2D eigenvalue weighted by atomic mass is 16.5. The summed E-state index contributed by atoms with van der Waals surface area (Å²) in [6, 6.07) is 1.47. The van der Waals surface area contributed by atoms with Crippen molar-refractivity contribution in [2.24, 2.45) is 0 Å². The maximum Gasteiger partial charge on any atom is 0.260 e. The van der Waals surface area contributed by atoms with Crippen molar-refractivity contribution < 1.29 is 19.7 Å². The van der Waals surface area contributed by atoms with Gasteiger partial charge in [0.05, 0.1) is 24.5 Å². The number of phenolic OH excluding ortho intramolecular Hbond substituents is 1. The zero-order valence-electron chi connectivity index (χ0n) is 21.7. The molecule has 1 amide bonds. The number of hydrogen-bond donors (Lipinski definition) is 3. The summed E-state index contributed by atoms with van der Waals surface area (Å²) >= 11 is 0. The number of aromatic hydroxyl groups is 1. The zero-order valence-corrected chi connectivity index (χ0v) is 21.7. The van der Waals surface area contributed by atoms with Gasteiger partial charge in [0.1, 0.15) is 28.9 Å². The zero-order chi connectivity index (χ0) is 26.3. The summed E-state index contributed by atoms with van der Waals surface area (Å²) in [7, 11) is 0. The molecule has 9 heteroatoms. The van der Waals surface area contributed by atoms with Gasteiger partial charge in [-0.15, -0.1) is 0 Å². The average Bonchev–Trinajstić information content (AvgIpc) is 3.45. The maximum absolute atomic E-state index is 13.4. The summed E-state index contributed by atoms with van der Waals surface area (Å²) in [5, 5.41) is 21.8. The number of H-pyrrole nitrogens is 1. The van der Waals surface area contributed by atoms with E-state index in [4.69, 9.17) is 4.74 Å². The van der Waals surface area contributed by atoms with Gasteiger partial charge in [-0.3, -0.25) is 9.69 Å². The number of anilines is 1. The van der Waals surface area contributed by atoms with Gasteiger partial charge in [-0.1, -0.05) is 23.3 Å². The summed E-state index contributed by atoms with van der Waals surface area (Å²) in [5.74, 6) is 0.575. The number of ether oxygens (including phenoxy) is 1. The van der Waals surface area contributed by atoms with Crippen molar-refractivity contribution in [3.05, 3.63) is 58.7 Å². The van der Waals surface area contributed by atoms with E-state index in [0.29, 0.717) is 45.8 Å². The number of phenols is 1. The Bertz CT molecular complexity index is 1420. The summed E-state index contributed by atoms with van der Waals surface area (Å²) < 4.78 is 6.47. The minimum absolute atomic E-state index is 0.0468. The number of aliphatic hydroxyl groups excluding tert-OH is 1. The highest BCUT2D eigenvalue weighted by Crippen LogP contribution is 2.47. The normalized spacial score (nSPS) is 21.1. The van der Waals surface area contributed by atoms with Crippen molar-refractivity contribution in [1.82, 2.24) is 19.9 Å². The monoisotopic (exact) mass is 503 g/mol. The van der Waals surface area contributed by atoms with Crippen LogP contribution in [0, 0.1) is 0 Å². The molecule has 0 unspecified atom stereocenters. The number of aliphatic hydroxyl groups is 1. The molecule has 0 bridgehead atoms. The number of allylic oxidation sites excluding steroid dienone is 4. The Labute approximate surface area is 215 Å². The molecule has 4 heterocycles. The van der Waals surface area contributed by atoms with Gasteiger partial charge in [0.2, 0.25) is 0 Å². The first-order valence-corrected chi connectivity index (χ1v) is 12.7. The van der Waals surface area contributed by atoms with Crippen LogP contribution in [-0.4, -0.2) is 47.8 Å². The van der Waals surface area contributed by atoms with Gasteiger partial charge in [0, 0.05) is 17.5 Å². The molecule has 9 nitrogen and oxygen atoms in total. The van der Waals surface area contributed by atoms with Gasteiger partial charge in [0.25, 0.3) is 5.91 Å². The van der Waals surface area contributed by atoms with E-state index in [1.54, 1.807) is 0 Å². The fourth-order valence-electron chi connectivity index (χ4n) is 5.13. The molecular formula is C28H33N5O4. The van der Waals surface area contributed by atoms with Crippen LogP contribution in [0.5, 0.6) is 11.5 Å². The molecule has 2 aliphatic rings. The third kappa shape index (κ3) is 4.59. The number of nitrogens with one attached hydrogen (secondary N) is 1. The summed E-state index contributed by atoms with van der Waals surface area (Å²) in [6.45, 7) is 8.47. The third-order valence-corrected chi connectivity index (χ3v) is 7.38. The number of fused-ring (bicyclic) bond motifs is 4. The molecule has 5 rings (SSSR count). The van der Waals surface area contributed by atoms with Crippen LogP contribution in [0.3, 0.4) is 0 Å². The lowest BCUT2D eigenvalue weighted by molar-refractivity contribution is -0.0597. The van der Waals surface area contributed by atoms with Crippen LogP contribution in [0.4, 0.5) is 5.82 Å². The number of carbonyl (C=O) groups excluding carboxylic acids is 1. The lowest BCUT2D eigenvalue weighted by atomic mass is 9.84. The number of aromatic amines is 1. The molecule has 37 heavy (non-hydrogen) atoms. The van der Waals surface area contributed by atoms with Crippen LogP contribution >= 0.6 is 0 Å². The van der Waals surface area contributed by atoms with E-state index in [1.807, 2.05) is 6.92 Å². The lowest BCUT2D eigenvalue weighted by Crippen LogP contribution is -2.49. The van der Waals surface area contributed by atoms with E-state index in [2.05, 4.69) is 52.9 Å². The van der Waals surface area contributed by atoms with Crippen LogP contribution in [0.1, 0.15) is 74.9 Å². The first-order valence-electron chi connectivity index (χ1n) is 12.7. The van der Waals surface area contributed by atoms with Crippen LogP contribution in [0.25, 0.3) is 11.2 Å². The fraction of sp³-hybridized carbons (Fsp3) is 0.429. The van der Waals surface area contributed by atoms with Gasteiger partial charge in [-0.05, 0) is 59.4 Å². The number of benzene rings is 1. The standard InChI is InChI=1S/C28H33N5O4/c1-16(2)7-5-8-17(3)9-6-10-28(4)22(35)12-19-21(34)11-18-20(24(19)37-28)13-33(27(18)36)26-23-25(30-14-29-23)31-15-32-26/h7,9,11,14-15,22,34-35H,5-6,8,10,12-13H2,1-4H3,(H,29,30,31,32)/b17-9+/t22-,28-/m0/s1. The van der Waals surface area contributed by atoms with Gasteiger partial charge >= 0.3 is 0 Å². The second-order valence-corrected chi connectivity index (χ2v) is 10.5. The molecule has 0 saturated carbocycles. The first-order chi connectivity index (χ1) is 17.7. The number of rotatable bonds is 7. The number of hydrogen-bond acceptors (Lipinski definition) is 7. The predicted octanol–water partition coefficient (Wildman–Crippen LogP) is 4.75. The van der Waals surface area contributed by atoms with Crippen molar-refractivity contribution in [2.75, 3.05) is 4.90 Å². The third-order valence-electron chi connectivity index (χ3n) is 7.38. The topological polar surface area (TPSA) is 124 Å². The Morgan fingerprint density at radius 2 is 2.03 bits per heavy atom. The number of aromatic nitrogens is 4. The van der Waals surface area contributed by atoms with Crippen LogP contribution in [0.15, 0.2) is 42.0 Å². The van der Waals surface area contributed by atoms with Crippen molar-refractivity contribution in [3.63, 3.8) is 0 Å². The Morgan fingerprint density at radius 1 is 1.22 bits per heavy atom. The molecule has 2 aromatic heterocycles. The number of nitrogens with zero attached hydrogens (tertiary/aromatic N) is 4. The smallest absolute Gasteiger partial charge is 0.260 e. The molecule has 194 valence electrons. The van der Waals surface area contributed by atoms with E-state index in [1.165, 1.54) is 34.8 Å². The second kappa shape index (κ2) is 9.63. The highest BCUT2D eigenvalue weighted by Gasteiger charge is 2.44. The Kier molecular flexibility index (Phi) is 6.49. The Morgan fingerprint density at radius 3 is 2.81 bits per heavy atom. The van der Waals surface area contributed by atoms with Gasteiger partial charge in [-0.25, -0.2) is 15.0 Å². The molecule has 3 aromatic rings. The molecule has 2 atom stereocenters. The lowest BCUT2D eigenvalue weighted by Gasteiger charge is -2.40. The van der Waals surface area contributed by atoms with Gasteiger partial charge < -0.3 is 19.9 Å². The van der Waals surface area contributed by atoms with Crippen LogP contribution in [-0.2, 0) is 13.0 Å². The van der Waals surface area contributed by atoms with E-state index in [9.17, 15) is 15.0 Å². The number of imidazole rings is 1. The quantitative estimate of drug-likeness (QED) is 0.398. The van der Waals surface area contributed by atoms with Gasteiger partial charge in [-0.2, -0.15) is 0 Å². The highest BCUT2D eigenvalue weighted by molar-refractivity contribution is 6.12. The molecule has 0 fully saturated rings. The Hall–Kier alpha value is -3.72. The molecule has 0 saturated heterocycles. The molecule has 1 aromatic carbocycles. The van der Waals surface area contributed by atoms with Crippen LogP contribution in [0.2, 0.25) is 0 Å². The van der Waals surface area contributed by atoms with Crippen molar-refractivity contribution in [2.45, 2.75) is 78.0 Å². The molecule has 2 aliphatic heterocycles. The van der Waals surface area contributed by atoms with E-state index in [0.717, 1.165) is 19.3 Å². The average molecular weight is 504 g/mol. The predicted molar refractivity (Wildman–Crippen MR) is 141 cm³/mol. The van der Waals surface area contributed by atoms with Gasteiger partial charge in [0.15, 0.2) is 11.5 Å². The molecule has 3 N–H and O–H groups in total. The van der Waals surface area contributed by atoms with E-state index >= 15 is 0 Å². The second-order valence-electron chi connectivity index (χ2n) is 10.5. The molecular weight excluding hydrogens is 470 g/mol. The summed E-state index contributed by atoms with van der Waals surface area (Å²) in [5.41, 5.74) is 4.39. The minimum atomic E-state index is -0.854. The molecule has 0 aliphatic carbocycles. The van der Waals surface area contributed by atoms with Crippen molar-refractivity contribution >= 4 is 22.9 Å². The molecule has 0 radical (unpaired) electrons. The first kappa shape index (κ1) is 25.0. The molecule has 0 spiro atoms. The maximum atomic E-state index is 13.4. The fourth-order valence-corrected chi connectivity index (χ4v) is 5.13. The Balaban J connectivity index is 1.40.